The normalized spacial score (nSPS) is 11.8. The predicted molar refractivity (Wildman–Crippen MR) is 112 cm³/mol. The van der Waals surface area contributed by atoms with Crippen LogP contribution in [0.1, 0.15) is 22.8 Å². The number of para-hydroxylation sites is 1. The van der Waals surface area contributed by atoms with E-state index in [1.165, 1.54) is 20.2 Å². The van der Waals surface area contributed by atoms with Gasteiger partial charge in [-0.25, -0.2) is 10.2 Å². The van der Waals surface area contributed by atoms with E-state index in [-0.39, 0.29) is 11.7 Å². The Balaban J connectivity index is 1.76. The Hall–Kier alpha value is -4.07. The second-order valence-electron chi connectivity index (χ2n) is 6.32. The SMILES string of the molecule is COc1cccc(/C=N/NC(=O)c2cccc(-n3cccc3)c2)c1O[C@H](C)C(=O)O. The minimum absolute atomic E-state index is 0.225. The van der Waals surface area contributed by atoms with Crippen LogP contribution in [0.4, 0.5) is 0 Å². The number of hydrogen-bond acceptors (Lipinski definition) is 5. The van der Waals surface area contributed by atoms with Gasteiger partial charge >= 0.3 is 5.97 Å². The van der Waals surface area contributed by atoms with Gasteiger partial charge in [0.1, 0.15) is 0 Å². The Kier molecular flexibility index (Phi) is 6.49. The van der Waals surface area contributed by atoms with Crippen LogP contribution in [0.25, 0.3) is 5.69 Å². The van der Waals surface area contributed by atoms with E-state index in [2.05, 4.69) is 10.5 Å². The number of benzene rings is 2. The van der Waals surface area contributed by atoms with E-state index < -0.39 is 12.1 Å². The molecular weight excluding hydrogens is 386 g/mol. The summed E-state index contributed by atoms with van der Waals surface area (Å²) in [4.78, 5) is 23.6. The molecule has 0 bridgehead atoms. The molecule has 0 aliphatic rings. The molecule has 1 aromatic heterocycles. The van der Waals surface area contributed by atoms with Gasteiger partial charge in [-0.2, -0.15) is 5.10 Å². The van der Waals surface area contributed by atoms with Gasteiger partial charge in [-0.05, 0) is 49.4 Å². The van der Waals surface area contributed by atoms with Gasteiger partial charge in [0.2, 0.25) is 0 Å². The zero-order chi connectivity index (χ0) is 21.5. The summed E-state index contributed by atoms with van der Waals surface area (Å²) in [5, 5.41) is 13.1. The first kappa shape index (κ1) is 20.7. The fraction of sp³-hybridized carbons (Fsp3) is 0.136. The number of ether oxygens (including phenoxy) is 2. The van der Waals surface area contributed by atoms with Crippen LogP contribution >= 0.6 is 0 Å². The van der Waals surface area contributed by atoms with Gasteiger partial charge in [0, 0.05) is 29.2 Å². The first-order valence-electron chi connectivity index (χ1n) is 9.13. The molecule has 2 N–H and O–H groups in total. The molecule has 0 saturated carbocycles. The lowest BCUT2D eigenvalue weighted by molar-refractivity contribution is -0.144. The third kappa shape index (κ3) is 4.85. The maximum absolute atomic E-state index is 12.5. The minimum Gasteiger partial charge on any atom is -0.493 e. The lowest BCUT2D eigenvalue weighted by Crippen LogP contribution is -2.24. The minimum atomic E-state index is -1.11. The summed E-state index contributed by atoms with van der Waals surface area (Å²) in [7, 11) is 1.45. The molecule has 30 heavy (non-hydrogen) atoms. The summed E-state index contributed by atoms with van der Waals surface area (Å²) >= 11 is 0. The first-order valence-corrected chi connectivity index (χ1v) is 9.13. The van der Waals surface area contributed by atoms with Crippen LogP contribution in [0.3, 0.4) is 0 Å². The van der Waals surface area contributed by atoms with Gasteiger partial charge in [-0.3, -0.25) is 4.79 Å². The zero-order valence-electron chi connectivity index (χ0n) is 16.5. The molecule has 1 atom stereocenters. The molecule has 0 aliphatic carbocycles. The topological polar surface area (TPSA) is 102 Å². The molecule has 0 radical (unpaired) electrons. The van der Waals surface area contributed by atoms with Crippen molar-refractivity contribution in [3.05, 3.63) is 78.1 Å². The van der Waals surface area contributed by atoms with Gasteiger partial charge in [-0.15, -0.1) is 0 Å². The van der Waals surface area contributed by atoms with Crippen molar-refractivity contribution in [3.63, 3.8) is 0 Å². The second-order valence-corrected chi connectivity index (χ2v) is 6.32. The average Bonchev–Trinajstić information content (AvgIpc) is 3.29. The summed E-state index contributed by atoms with van der Waals surface area (Å²) in [6, 6.07) is 15.9. The van der Waals surface area contributed by atoms with Crippen molar-refractivity contribution in [2.75, 3.05) is 7.11 Å². The summed E-state index contributed by atoms with van der Waals surface area (Å²) in [6.45, 7) is 1.41. The highest BCUT2D eigenvalue weighted by Gasteiger charge is 2.18. The third-order valence-electron chi connectivity index (χ3n) is 4.25. The van der Waals surface area contributed by atoms with Gasteiger partial charge in [-0.1, -0.05) is 12.1 Å². The molecule has 1 amide bonds. The number of rotatable bonds is 8. The van der Waals surface area contributed by atoms with E-state index >= 15 is 0 Å². The fourth-order valence-electron chi connectivity index (χ4n) is 2.69. The third-order valence-corrected chi connectivity index (χ3v) is 4.25. The Morgan fingerprint density at radius 3 is 2.57 bits per heavy atom. The number of carboxylic acid groups (broad SMARTS) is 1. The summed E-state index contributed by atoms with van der Waals surface area (Å²) < 4.78 is 12.6. The number of nitrogens with zero attached hydrogens (tertiary/aromatic N) is 2. The fourth-order valence-corrected chi connectivity index (χ4v) is 2.69. The van der Waals surface area contributed by atoms with E-state index in [1.807, 2.05) is 35.2 Å². The molecule has 0 fully saturated rings. The zero-order valence-corrected chi connectivity index (χ0v) is 16.5. The Morgan fingerprint density at radius 1 is 1.13 bits per heavy atom. The molecule has 154 valence electrons. The van der Waals surface area contributed by atoms with Crippen molar-refractivity contribution in [3.8, 4) is 17.2 Å². The Morgan fingerprint density at radius 2 is 1.87 bits per heavy atom. The second kappa shape index (κ2) is 9.42. The van der Waals surface area contributed by atoms with Gasteiger partial charge in [0.05, 0.1) is 13.3 Å². The smallest absolute Gasteiger partial charge is 0.344 e. The monoisotopic (exact) mass is 407 g/mol. The van der Waals surface area contributed by atoms with Crippen molar-refractivity contribution >= 4 is 18.1 Å². The molecule has 3 rings (SSSR count). The highest BCUT2D eigenvalue weighted by atomic mass is 16.5. The van der Waals surface area contributed by atoms with Crippen molar-refractivity contribution in [2.24, 2.45) is 5.10 Å². The number of aromatic nitrogens is 1. The number of hydrogen-bond donors (Lipinski definition) is 2. The van der Waals surface area contributed by atoms with Gasteiger partial charge in [0.25, 0.3) is 5.91 Å². The molecule has 8 nitrogen and oxygen atoms in total. The van der Waals surface area contributed by atoms with E-state index in [1.54, 1.807) is 36.4 Å². The van der Waals surface area contributed by atoms with Crippen LogP contribution < -0.4 is 14.9 Å². The molecule has 0 aliphatic heterocycles. The lowest BCUT2D eigenvalue weighted by atomic mass is 10.2. The quantitative estimate of drug-likeness (QED) is 0.441. The van der Waals surface area contributed by atoms with Crippen LogP contribution in [-0.4, -0.2) is 41.0 Å². The van der Waals surface area contributed by atoms with Crippen molar-refractivity contribution in [2.45, 2.75) is 13.0 Å². The summed E-state index contributed by atoms with van der Waals surface area (Å²) in [5.74, 6) is -0.912. The maximum Gasteiger partial charge on any atom is 0.344 e. The molecule has 0 saturated heterocycles. The number of aliphatic carboxylic acids is 1. The number of methoxy groups -OCH3 is 1. The predicted octanol–water partition coefficient (Wildman–Crippen LogP) is 3.10. The number of amides is 1. The average molecular weight is 407 g/mol. The number of carboxylic acids is 1. The molecule has 1 heterocycles. The van der Waals surface area contributed by atoms with Crippen LogP contribution in [0.5, 0.6) is 11.5 Å². The van der Waals surface area contributed by atoms with E-state index in [0.717, 1.165) is 5.69 Å². The van der Waals surface area contributed by atoms with Crippen LogP contribution in [-0.2, 0) is 4.79 Å². The first-order chi connectivity index (χ1) is 14.5. The van der Waals surface area contributed by atoms with Crippen LogP contribution in [0.2, 0.25) is 0 Å². The Labute approximate surface area is 173 Å². The van der Waals surface area contributed by atoms with Crippen molar-refractivity contribution < 1.29 is 24.2 Å². The molecule has 0 spiro atoms. The van der Waals surface area contributed by atoms with E-state index in [9.17, 15) is 9.59 Å². The van der Waals surface area contributed by atoms with Crippen molar-refractivity contribution in [1.29, 1.82) is 0 Å². The number of nitrogens with one attached hydrogen (secondary N) is 1. The van der Waals surface area contributed by atoms with E-state index in [0.29, 0.717) is 16.9 Å². The molecule has 0 unspecified atom stereocenters. The summed E-state index contributed by atoms with van der Waals surface area (Å²) in [5.41, 5.74) is 4.23. The molecule has 8 heteroatoms. The van der Waals surface area contributed by atoms with Gasteiger partial charge in [0.15, 0.2) is 17.6 Å². The number of carbonyl (C=O) groups is 2. The number of carbonyl (C=O) groups excluding carboxylic acids is 1. The highest BCUT2D eigenvalue weighted by molar-refractivity contribution is 5.95. The van der Waals surface area contributed by atoms with Gasteiger partial charge < -0.3 is 19.1 Å². The molecule has 2 aromatic carbocycles. The number of hydrazone groups is 1. The molecular formula is C22H21N3O5. The standard InChI is InChI=1S/C22H21N3O5/c1-15(22(27)28)30-20-17(8-6-10-19(20)29-2)14-23-24-21(26)16-7-5-9-18(13-16)25-11-3-4-12-25/h3-15H,1-2H3,(H,24,26)(H,27,28)/b23-14+/t15-/m1/s1. The molecule has 3 aromatic rings. The highest BCUT2D eigenvalue weighted by Crippen LogP contribution is 2.31. The lowest BCUT2D eigenvalue weighted by Gasteiger charge is -2.15. The Bertz CT molecular complexity index is 1060. The van der Waals surface area contributed by atoms with Crippen LogP contribution in [0.15, 0.2) is 72.1 Å². The van der Waals surface area contributed by atoms with Crippen LogP contribution in [0, 0.1) is 0 Å². The summed E-state index contributed by atoms with van der Waals surface area (Å²) in [6.07, 6.45) is 4.06. The van der Waals surface area contributed by atoms with Crippen molar-refractivity contribution in [1.82, 2.24) is 9.99 Å². The largest absolute Gasteiger partial charge is 0.493 e. The maximum atomic E-state index is 12.5. The van der Waals surface area contributed by atoms with E-state index in [4.69, 9.17) is 14.6 Å².